The van der Waals surface area contributed by atoms with Crippen LogP contribution in [0.1, 0.15) is 34.8 Å². The normalized spacial score (nSPS) is 14.6. The number of hydrogen-bond acceptors (Lipinski definition) is 4. The van der Waals surface area contributed by atoms with E-state index in [-0.39, 0.29) is 11.8 Å². The maximum atomic E-state index is 12.2. The second kappa shape index (κ2) is 7.42. The Bertz CT molecular complexity index is 755. The molecule has 1 atom stereocenters. The highest BCUT2D eigenvalue weighted by Gasteiger charge is 2.18. The fourth-order valence-electron chi connectivity index (χ4n) is 3.03. The lowest BCUT2D eigenvalue weighted by atomic mass is 9.99. The largest absolute Gasteiger partial charge is 0.472 e. The van der Waals surface area contributed by atoms with Crippen LogP contribution < -0.4 is 15.5 Å². The summed E-state index contributed by atoms with van der Waals surface area (Å²) in [6, 6.07) is 7.24. The average Bonchev–Trinajstić information content (AvgIpc) is 3.14. The molecule has 0 fully saturated rings. The third kappa shape index (κ3) is 4.02. The summed E-state index contributed by atoms with van der Waals surface area (Å²) in [7, 11) is 2.10. The number of carbonyl (C=O) groups is 2. The van der Waals surface area contributed by atoms with Crippen molar-refractivity contribution >= 4 is 17.5 Å². The molecular formula is C19H23N3O3. The molecule has 1 aliphatic heterocycles. The molecule has 0 radical (unpaired) electrons. The van der Waals surface area contributed by atoms with Crippen LogP contribution in [0.2, 0.25) is 0 Å². The molecule has 132 valence electrons. The standard InChI is InChI=1S/C19H23N3O3/c1-13(21-19(24)16-7-9-25-12-16)18(23)20-11-14-5-6-17-15(10-14)4-3-8-22(17)2/h5-7,9-10,12-13H,3-4,8,11H2,1-2H3,(H,20,23)(H,21,24). The molecule has 0 aliphatic carbocycles. The smallest absolute Gasteiger partial charge is 0.255 e. The van der Waals surface area contributed by atoms with E-state index < -0.39 is 6.04 Å². The maximum absolute atomic E-state index is 12.2. The zero-order chi connectivity index (χ0) is 17.8. The van der Waals surface area contributed by atoms with E-state index >= 15 is 0 Å². The zero-order valence-electron chi connectivity index (χ0n) is 14.5. The number of fused-ring (bicyclic) bond motifs is 1. The van der Waals surface area contributed by atoms with Crippen molar-refractivity contribution in [3.8, 4) is 0 Å². The van der Waals surface area contributed by atoms with Gasteiger partial charge >= 0.3 is 0 Å². The highest BCUT2D eigenvalue weighted by molar-refractivity contribution is 5.97. The molecule has 0 saturated carbocycles. The second-order valence-electron chi connectivity index (χ2n) is 6.41. The average molecular weight is 341 g/mol. The van der Waals surface area contributed by atoms with Crippen molar-refractivity contribution in [2.24, 2.45) is 0 Å². The van der Waals surface area contributed by atoms with E-state index in [0.29, 0.717) is 12.1 Å². The molecule has 2 amide bonds. The Kier molecular flexibility index (Phi) is 5.07. The van der Waals surface area contributed by atoms with Gasteiger partial charge in [-0.15, -0.1) is 0 Å². The van der Waals surface area contributed by atoms with Crippen LogP contribution >= 0.6 is 0 Å². The van der Waals surface area contributed by atoms with E-state index in [4.69, 9.17) is 4.42 Å². The molecule has 0 spiro atoms. The van der Waals surface area contributed by atoms with E-state index in [1.54, 1.807) is 13.0 Å². The monoisotopic (exact) mass is 341 g/mol. The Labute approximate surface area is 147 Å². The number of amides is 2. The van der Waals surface area contributed by atoms with Crippen LogP contribution in [0.15, 0.2) is 41.2 Å². The van der Waals surface area contributed by atoms with Crippen molar-refractivity contribution in [3.05, 3.63) is 53.5 Å². The molecule has 3 rings (SSSR count). The third-order valence-corrected chi connectivity index (χ3v) is 4.49. The fourth-order valence-corrected chi connectivity index (χ4v) is 3.03. The molecule has 0 bridgehead atoms. The molecule has 0 saturated heterocycles. The molecular weight excluding hydrogens is 318 g/mol. The van der Waals surface area contributed by atoms with E-state index in [1.165, 1.54) is 23.8 Å². The van der Waals surface area contributed by atoms with Crippen molar-refractivity contribution in [3.63, 3.8) is 0 Å². The van der Waals surface area contributed by atoms with Crippen molar-refractivity contribution in [1.29, 1.82) is 0 Å². The summed E-state index contributed by atoms with van der Waals surface area (Å²) in [5.74, 6) is -0.542. The zero-order valence-corrected chi connectivity index (χ0v) is 14.5. The molecule has 2 N–H and O–H groups in total. The number of benzene rings is 1. The van der Waals surface area contributed by atoms with E-state index in [9.17, 15) is 9.59 Å². The lowest BCUT2D eigenvalue weighted by Gasteiger charge is -2.27. The van der Waals surface area contributed by atoms with Gasteiger partial charge < -0.3 is 20.0 Å². The third-order valence-electron chi connectivity index (χ3n) is 4.49. The van der Waals surface area contributed by atoms with Crippen molar-refractivity contribution in [1.82, 2.24) is 10.6 Å². The molecule has 25 heavy (non-hydrogen) atoms. The fraction of sp³-hybridized carbons (Fsp3) is 0.368. The maximum Gasteiger partial charge on any atom is 0.255 e. The first-order chi connectivity index (χ1) is 12.0. The van der Waals surface area contributed by atoms with E-state index in [1.807, 2.05) is 6.07 Å². The van der Waals surface area contributed by atoms with Crippen molar-refractivity contribution < 1.29 is 14.0 Å². The summed E-state index contributed by atoms with van der Waals surface area (Å²) in [6.07, 6.45) is 4.99. The predicted octanol–water partition coefficient (Wildman–Crippen LogP) is 2.10. The molecule has 1 aromatic heterocycles. The number of carbonyl (C=O) groups excluding carboxylic acids is 2. The van der Waals surface area contributed by atoms with Crippen molar-refractivity contribution in [2.75, 3.05) is 18.5 Å². The van der Waals surface area contributed by atoms with Gasteiger partial charge in [-0.25, -0.2) is 0 Å². The second-order valence-corrected chi connectivity index (χ2v) is 6.41. The minimum Gasteiger partial charge on any atom is -0.472 e. The molecule has 1 unspecified atom stereocenters. The Hall–Kier alpha value is -2.76. The number of nitrogens with one attached hydrogen (secondary N) is 2. The van der Waals surface area contributed by atoms with Crippen LogP contribution in [0.4, 0.5) is 5.69 Å². The number of aryl methyl sites for hydroxylation is 1. The predicted molar refractivity (Wildman–Crippen MR) is 95.5 cm³/mol. The summed E-state index contributed by atoms with van der Waals surface area (Å²) >= 11 is 0. The summed E-state index contributed by atoms with van der Waals surface area (Å²) < 4.78 is 4.87. The Balaban J connectivity index is 1.54. The summed E-state index contributed by atoms with van der Waals surface area (Å²) in [5, 5.41) is 5.53. The van der Waals surface area contributed by atoms with Gasteiger partial charge in [0.25, 0.3) is 5.91 Å². The lowest BCUT2D eigenvalue weighted by Crippen LogP contribution is -2.44. The van der Waals surface area contributed by atoms with Crippen LogP contribution in [0.3, 0.4) is 0 Å². The van der Waals surface area contributed by atoms with Crippen LogP contribution in [0.25, 0.3) is 0 Å². The highest BCUT2D eigenvalue weighted by Crippen LogP contribution is 2.26. The highest BCUT2D eigenvalue weighted by atomic mass is 16.3. The molecule has 2 heterocycles. The van der Waals surface area contributed by atoms with Gasteiger partial charge in [-0.2, -0.15) is 0 Å². The van der Waals surface area contributed by atoms with Gasteiger partial charge in [-0.1, -0.05) is 12.1 Å². The minimum absolute atomic E-state index is 0.216. The van der Waals surface area contributed by atoms with Crippen LogP contribution in [0.5, 0.6) is 0 Å². The first-order valence-corrected chi connectivity index (χ1v) is 8.48. The first-order valence-electron chi connectivity index (χ1n) is 8.48. The molecule has 1 aliphatic rings. The van der Waals surface area contributed by atoms with Gasteiger partial charge in [0.2, 0.25) is 5.91 Å². The van der Waals surface area contributed by atoms with E-state index in [0.717, 1.165) is 24.9 Å². The van der Waals surface area contributed by atoms with Gasteiger partial charge in [0.15, 0.2) is 0 Å². The van der Waals surface area contributed by atoms with Crippen LogP contribution in [0, 0.1) is 0 Å². The summed E-state index contributed by atoms with van der Waals surface area (Å²) in [6.45, 7) is 3.19. The summed E-state index contributed by atoms with van der Waals surface area (Å²) in [5.41, 5.74) is 4.05. The van der Waals surface area contributed by atoms with Crippen LogP contribution in [-0.4, -0.2) is 31.4 Å². The number of nitrogens with zero attached hydrogens (tertiary/aromatic N) is 1. The van der Waals surface area contributed by atoms with Crippen molar-refractivity contribution in [2.45, 2.75) is 32.4 Å². The molecule has 6 nitrogen and oxygen atoms in total. The van der Waals surface area contributed by atoms with Gasteiger partial charge in [0.1, 0.15) is 12.3 Å². The minimum atomic E-state index is -0.619. The Morgan fingerprint density at radius 3 is 2.92 bits per heavy atom. The summed E-state index contributed by atoms with van der Waals surface area (Å²) in [4.78, 5) is 26.4. The topological polar surface area (TPSA) is 74.6 Å². The molecule has 6 heteroatoms. The molecule has 1 aromatic carbocycles. The van der Waals surface area contributed by atoms with Gasteiger partial charge in [0.05, 0.1) is 11.8 Å². The van der Waals surface area contributed by atoms with Gasteiger partial charge in [-0.05, 0) is 43.0 Å². The van der Waals surface area contributed by atoms with Gasteiger partial charge in [-0.3, -0.25) is 9.59 Å². The number of anilines is 1. The first kappa shape index (κ1) is 17.1. The Morgan fingerprint density at radius 2 is 2.16 bits per heavy atom. The molecule has 2 aromatic rings. The SMILES string of the molecule is CC(NC(=O)c1ccoc1)C(=O)NCc1ccc2c(c1)CCCN2C. The Morgan fingerprint density at radius 1 is 1.32 bits per heavy atom. The van der Waals surface area contributed by atoms with Gasteiger partial charge in [0, 0.05) is 25.8 Å². The number of furan rings is 1. The quantitative estimate of drug-likeness (QED) is 0.873. The van der Waals surface area contributed by atoms with Crippen LogP contribution in [-0.2, 0) is 17.8 Å². The van der Waals surface area contributed by atoms with E-state index in [2.05, 4.69) is 34.7 Å². The number of hydrogen-bond donors (Lipinski definition) is 2. The number of rotatable bonds is 5. The lowest BCUT2D eigenvalue weighted by molar-refractivity contribution is -0.122.